The Morgan fingerprint density at radius 3 is 2.32 bits per heavy atom. The first-order valence-corrected chi connectivity index (χ1v) is 20.2. The lowest BCUT2D eigenvalue weighted by atomic mass is 9.98. The zero-order valence-electron chi connectivity index (χ0n) is 35.7. The molecular formula is C47H69FN6O2. The number of carbonyl (C=O) groups excluding carboxylic acids is 1. The zero-order chi connectivity index (χ0) is 41.5. The van der Waals surface area contributed by atoms with Crippen LogP contribution in [0.15, 0.2) is 110 Å². The van der Waals surface area contributed by atoms with Gasteiger partial charge in [-0.15, -0.1) is 0 Å². The highest BCUT2D eigenvalue weighted by Crippen LogP contribution is 2.25. The summed E-state index contributed by atoms with van der Waals surface area (Å²) in [6.45, 7) is 30.9. The van der Waals surface area contributed by atoms with E-state index in [0.717, 1.165) is 93.7 Å². The summed E-state index contributed by atoms with van der Waals surface area (Å²) in [7, 11) is 2.13. The van der Waals surface area contributed by atoms with Crippen LogP contribution in [-0.4, -0.2) is 90.7 Å². The first-order chi connectivity index (χ1) is 26.9. The standard InChI is InChI=1S/C29H35N5O2.C11H21N.C5H7F.C2H6/c1-21-5-7-24(16-27(21)25-4-3-11-30-18-25)29(35)32-26-9-12-34(13-10-26)28-8-6-23(17-31-28)20-33-14-15-36-22(2)19-33;1-6-7-11(4)9-12(5)8-10(2)3;1-3-4-5(2)6;1-2/h3-8,11,16-18,22,26H,9-10,12-15,19-20H2,1-2H3,(H,32,35);6-7,10H,4,8-9H2,1-3,5H3;3-4H,2H2,1H3;1-2H3/b;7-6-;4-3-;. The number of benzene rings is 1. The number of anilines is 1. The molecule has 2 fully saturated rings. The third kappa shape index (κ3) is 18.0. The van der Waals surface area contributed by atoms with Crippen LogP contribution in [0.4, 0.5) is 10.2 Å². The number of ether oxygens (including phenoxy) is 1. The van der Waals surface area contributed by atoms with Crippen LogP contribution in [0.3, 0.4) is 0 Å². The van der Waals surface area contributed by atoms with Gasteiger partial charge in [-0.25, -0.2) is 9.37 Å². The molecule has 9 heteroatoms. The number of aromatic nitrogens is 2. The molecule has 1 aromatic carbocycles. The fourth-order valence-electron chi connectivity index (χ4n) is 6.61. The molecule has 8 nitrogen and oxygen atoms in total. The van der Waals surface area contributed by atoms with Crippen molar-refractivity contribution in [1.82, 2.24) is 25.1 Å². The molecule has 1 atom stereocenters. The Bertz CT molecular complexity index is 1650. The topological polar surface area (TPSA) is 73.8 Å². The van der Waals surface area contributed by atoms with Crippen LogP contribution in [0, 0.1) is 12.8 Å². The maximum Gasteiger partial charge on any atom is 0.251 e. The quantitative estimate of drug-likeness (QED) is 0.184. The Kier molecular flexibility index (Phi) is 22.5. The maximum atomic E-state index is 13.0. The van der Waals surface area contributed by atoms with Gasteiger partial charge in [0.05, 0.1) is 12.7 Å². The highest BCUT2D eigenvalue weighted by atomic mass is 19.1. The fraction of sp³-hybridized carbons (Fsp3) is 0.468. The molecule has 3 aromatic rings. The van der Waals surface area contributed by atoms with Gasteiger partial charge in [-0.05, 0) is 106 Å². The number of carbonyl (C=O) groups is 1. The Morgan fingerprint density at radius 1 is 1.05 bits per heavy atom. The number of nitrogens with one attached hydrogen (secondary N) is 1. The van der Waals surface area contributed by atoms with Gasteiger partial charge in [0.1, 0.15) is 11.6 Å². The van der Waals surface area contributed by atoms with Gasteiger partial charge in [-0.2, -0.15) is 0 Å². The van der Waals surface area contributed by atoms with E-state index in [9.17, 15) is 9.18 Å². The summed E-state index contributed by atoms with van der Waals surface area (Å²) in [6.07, 6.45) is 14.7. The van der Waals surface area contributed by atoms with E-state index in [1.54, 1.807) is 19.2 Å². The van der Waals surface area contributed by atoms with Crippen molar-refractivity contribution in [2.24, 2.45) is 5.92 Å². The number of aryl methyl sites for hydroxylation is 1. The average molecular weight is 769 g/mol. The summed E-state index contributed by atoms with van der Waals surface area (Å²) in [5.74, 6) is 1.34. The molecule has 1 unspecified atom stereocenters. The van der Waals surface area contributed by atoms with Gasteiger partial charge in [0.15, 0.2) is 0 Å². The second-order valence-corrected chi connectivity index (χ2v) is 14.6. The number of piperidine rings is 1. The Balaban J connectivity index is 0.000000450. The van der Waals surface area contributed by atoms with Crippen LogP contribution in [0.25, 0.3) is 11.1 Å². The van der Waals surface area contributed by atoms with E-state index in [-0.39, 0.29) is 11.9 Å². The van der Waals surface area contributed by atoms with Gasteiger partial charge in [0.25, 0.3) is 5.91 Å². The number of hydrogen-bond acceptors (Lipinski definition) is 7. The Hall–Kier alpha value is -4.44. The van der Waals surface area contributed by atoms with Crippen molar-refractivity contribution in [3.63, 3.8) is 0 Å². The smallest absolute Gasteiger partial charge is 0.251 e. The molecule has 0 bridgehead atoms. The number of halogens is 1. The summed E-state index contributed by atoms with van der Waals surface area (Å²) in [5, 5.41) is 3.25. The molecule has 1 N–H and O–H groups in total. The first kappa shape index (κ1) is 47.7. The molecule has 0 spiro atoms. The number of likely N-dealkylation sites (N-methyl/N-ethyl adjacent to an activating group) is 1. The summed E-state index contributed by atoms with van der Waals surface area (Å²) < 4.78 is 17.1. The van der Waals surface area contributed by atoms with Crippen molar-refractivity contribution in [2.75, 3.05) is 57.8 Å². The SMILES string of the molecule is C=C(/C=C\C)CN(C)CC(C)C.C=C(F)/C=C\C.CC.Cc1ccc(C(=O)NC2CCN(c3ccc(CN4CCOC(C)C4)cn3)CC2)cc1-c1cccnc1. The van der Waals surface area contributed by atoms with Crippen molar-refractivity contribution < 1.29 is 13.9 Å². The molecule has 56 heavy (non-hydrogen) atoms. The van der Waals surface area contributed by atoms with Crippen molar-refractivity contribution in [2.45, 2.75) is 86.9 Å². The van der Waals surface area contributed by atoms with E-state index in [2.05, 4.69) is 91.1 Å². The molecule has 2 aliphatic heterocycles. The molecule has 2 saturated heterocycles. The van der Waals surface area contributed by atoms with Crippen LogP contribution in [0.5, 0.6) is 0 Å². The van der Waals surface area contributed by atoms with Gasteiger partial charge < -0.3 is 19.9 Å². The minimum absolute atomic E-state index is 0.0153. The number of allylic oxidation sites excluding steroid dienone is 4. The summed E-state index contributed by atoms with van der Waals surface area (Å²) >= 11 is 0. The van der Waals surface area contributed by atoms with Crippen molar-refractivity contribution in [1.29, 1.82) is 0 Å². The van der Waals surface area contributed by atoms with Gasteiger partial charge in [-0.1, -0.05) is 77.3 Å². The van der Waals surface area contributed by atoms with Crippen molar-refractivity contribution in [3.8, 4) is 11.1 Å². The highest BCUT2D eigenvalue weighted by molar-refractivity contribution is 5.96. The molecule has 0 saturated carbocycles. The third-order valence-electron chi connectivity index (χ3n) is 9.07. The second-order valence-electron chi connectivity index (χ2n) is 14.6. The van der Waals surface area contributed by atoms with E-state index in [1.165, 1.54) is 17.2 Å². The van der Waals surface area contributed by atoms with Gasteiger partial charge >= 0.3 is 0 Å². The van der Waals surface area contributed by atoms with Crippen LogP contribution in [0.2, 0.25) is 0 Å². The van der Waals surface area contributed by atoms with E-state index in [0.29, 0.717) is 11.7 Å². The lowest BCUT2D eigenvalue weighted by Crippen LogP contribution is -2.45. The summed E-state index contributed by atoms with van der Waals surface area (Å²) in [5.41, 5.74) is 6.30. The third-order valence-corrected chi connectivity index (χ3v) is 9.07. The van der Waals surface area contributed by atoms with E-state index in [4.69, 9.17) is 9.72 Å². The predicted octanol–water partition coefficient (Wildman–Crippen LogP) is 9.85. The highest BCUT2D eigenvalue weighted by Gasteiger charge is 2.23. The van der Waals surface area contributed by atoms with E-state index in [1.807, 2.05) is 69.6 Å². The number of rotatable bonds is 12. The summed E-state index contributed by atoms with van der Waals surface area (Å²) in [4.78, 5) is 29.0. The lowest BCUT2D eigenvalue weighted by molar-refractivity contribution is -0.0212. The molecule has 2 aliphatic rings. The second kappa shape index (κ2) is 26.4. The molecule has 0 radical (unpaired) electrons. The minimum atomic E-state index is -0.391. The molecule has 1 amide bonds. The van der Waals surface area contributed by atoms with E-state index < -0.39 is 5.83 Å². The molecular weight excluding hydrogens is 700 g/mol. The maximum absolute atomic E-state index is 13.0. The Morgan fingerprint density at radius 2 is 1.77 bits per heavy atom. The first-order valence-electron chi connectivity index (χ1n) is 20.2. The molecule has 5 rings (SSSR count). The van der Waals surface area contributed by atoms with Crippen molar-refractivity contribution in [3.05, 3.63) is 127 Å². The number of amides is 1. The predicted molar refractivity (Wildman–Crippen MR) is 235 cm³/mol. The van der Waals surface area contributed by atoms with Gasteiger partial charge in [-0.3, -0.25) is 14.7 Å². The van der Waals surface area contributed by atoms with Crippen LogP contribution in [0.1, 0.15) is 82.8 Å². The number of nitrogens with zero attached hydrogens (tertiary/aromatic N) is 5. The van der Waals surface area contributed by atoms with Crippen LogP contribution >= 0.6 is 0 Å². The molecule has 2 aromatic heterocycles. The monoisotopic (exact) mass is 769 g/mol. The molecule has 0 aliphatic carbocycles. The number of hydrogen-bond donors (Lipinski definition) is 1. The van der Waals surface area contributed by atoms with Crippen molar-refractivity contribution >= 4 is 11.7 Å². The number of pyridine rings is 2. The lowest BCUT2D eigenvalue weighted by Gasteiger charge is -2.33. The van der Waals surface area contributed by atoms with Crippen LogP contribution in [-0.2, 0) is 11.3 Å². The zero-order valence-corrected chi connectivity index (χ0v) is 35.7. The van der Waals surface area contributed by atoms with Gasteiger partial charge in [0.2, 0.25) is 0 Å². The molecule has 4 heterocycles. The minimum Gasteiger partial charge on any atom is -0.376 e. The average Bonchev–Trinajstić information content (AvgIpc) is 3.17. The van der Waals surface area contributed by atoms with Crippen LogP contribution < -0.4 is 10.2 Å². The summed E-state index contributed by atoms with van der Waals surface area (Å²) in [6, 6.07) is 14.3. The number of morpholine rings is 1. The fourth-order valence-corrected chi connectivity index (χ4v) is 6.61. The van der Waals surface area contributed by atoms with E-state index >= 15 is 0 Å². The normalized spacial score (nSPS) is 16.1. The molecule has 306 valence electrons. The largest absolute Gasteiger partial charge is 0.376 e. The Labute approximate surface area is 338 Å². The van der Waals surface area contributed by atoms with Gasteiger partial charge in [0, 0.05) is 81.6 Å².